The minimum absolute atomic E-state index is 0.0406. The van der Waals surface area contributed by atoms with Gasteiger partial charge >= 0.3 is 0 Å². The zero-order valence-corrected chi connectivity index (χ0v) is 16.1. The fourth-order valence-corrected chi connectivity index (χ4v) is 2.96. The molecule has 0 saturated carbocycles. The third-order valence-electron chi connectivity index (χ3n) is 4.58. The molecule has 3 heteroatoms. The molecular weight excluding hydrogens is 310 g/mol. The Morgan fingerprint density at radius 2 is 1.24 bits per heavy atom. The number of amides is 1. The Kier molecular flexibility index (Phi) is 11.7. The van der Waals surface area contributed by atoms with E-state index in [-0.39, 0.29) is 11.7 Å². The van der Waals surface area contributed by atoms with E-state index in [1.54, 1.807) is 31.2 Å². The van der Waals surface area contributed by atoms with E-state index in [2.05, 4.69) is 12.2 Å². The third kappa shape index (κ3) is 10.8. The van der Waals surface area contributed by atoms with Gasteiger partial charge in [0.1, 0.15) is 0 Å². The Morgan fingerprint density at radius 3 is 1.72 bits per heavy atom. The first-order chi connectivity index (χ1) is 12.1. The van der Waals surface area contributed by atoms with Gasteiger partial charge in [-0.1, -0.05) is 71.1 Å². The van der Waals surface area contributed by atoms with Gasteiger partial charge in [-0.05, 0) is 37.6 Å². The van der Waals surface area contributed by atoms with Crippen LogP contribution >= 0.6 is 0 Å². The molecule has 0 atom stereocenters. The number of nitrogens with one attached hydrogen (secondary N) is 1. The Bertz CT molecular complexity index is 493. The van der Waals surface area contributed by atoms with Crippen LogP contribution in [0.2, 0.25) is 0 Å². The lowest BCUT2D eigenvalue weighted by molar-refractivity contribution is -0.116. The maximum absolute atomic E-state index is 11.9. The van der Waals surface area contributed by atoms with Crippen molar-refractivity contribution in [2.75, 3.05) is 5.32 Å². The van der Waals surface area contributed by atoms with E-state index in [0.29, 0.717) is 12.0 Å². The summed E-state index contributed by atoms with van der Waals surface area (Å²) in [7, 11) is 0. The summed E-state index contributed by atoms with van der Waals surface area (Å²) >= 11 is 0. The van der Waals surface area contributed by atoms with Gasteiger partial charge in [0.25, 0.3) is 0 Å². The second-order valence-electron chi connectivity index (χ2n) is 6.97. The molecule has 1 amide bonds. The molecule has 0 aliphatic carbocycles. The third-order valence-corrected chi connectivity index (χ3v) is 4.58. The van der Waals surface area contributed by atoms with Crippen LogP contribution in [-0.4, -0.2) is 11.7 Å². The smallest absolute Gasteiger partial charge is 0.224 e. The fraction of sp³-hybridized carbons (Fsp3) is 0.636. The first-order valence-electron chi connectivity index (χ1n) is 10.0. The van der Waals surface area contributed by atoms with Crippen LogP contribution in [0.5, 0.6) is 0 Å². The Morgan fingerprint density at radius 1 is 0.760 bits per heavy atom. The highest BCUT2D eigenvalue weighted by molar-refractivity contribution is 5.95. The molecule has 0 saturated heterocycles. The van der Waals surface area contributed by atoms with Gasteiger partial charge in [0.2, 0.25) is 5.91 Å². The lowest BCUT2D eigenvalue weighted by Crippen LogP contribution is -2.11. The summed E-state index contributed by atoms with van der Waals surface area (Å²) < 4.78 is 0. The van der Waals surface area contributed by atoms with Gasteiger partial charge in [-0.15, -0.1) is 0 Å². The zero-order valence-electron chi connectivity index (χ0n) is 16.1. The van der Waals surface area contributed by atoms with Crippen LogP contribution in [0.25, 0.3) is 0 Å². The van der Waals surface area contributed by atoms with E-state index in [4.69, 9.17) is 0 Å². The summed E-state index contributed by atoms with van der Waals surface area (Å²) in [6.07, 6.45) is 14.7. The largest absolute Gasteiger partial charge is 0.326 e. The van der Waals surface area contributed by atoms with Crippen molar-refractivity contribution in [1.29, 1.82) is 0 Å². The quantitative estimate of drug-likeness (QED) is 0.308. The molecule has 0 aromatic heterocycles. The number of carbonyl (C=O) groups is 2. The number of Topliss-reactive ketones (excluding diaryl/α,β-unsaturated/α-hetero) is 1. The first kappa shape index (κ1) is 21.4. The Hall–Kier alpha value is -1.64. The second kappa shape index (κ2) is 13.6. The normalized spacial score (nSPS) is 10.6. The number of unbranched alkanes of at least 4 members (excludes halogenated alkanes) is 10. The van der Waals surface area contributed by atoms with Crippen molar-refractivity contribution in [3.8, 4) is 0 Å². The predicted octanol–water partition coefficient (Wildman–Crippen LogP) is 6.53. The van der Waals surface area contributed by atoms with Crippen molar-refractivity contribution in [3.05, 3.63) is 29.8 Å². The highest BCUT2D eigenvalue weighted by Gasteiger charge is 2.03. The number of hydrogen-bond donors (Lipinski definition) is 1. The molecule has 0 heterocycles. The van der Waals surface area contributed by atoms with Crippen molar-refractivity contribution < 1.29 is 9.59 Å². The van der Waals surface area contributed by atoms with Gasteiger partial charge in [0, 0.05) is 17.7 Å². The van der Waals surface area contributed by atoms with Crippen LogP contribution in [0.1, 0.15) is 101 Å². The van der Waals surface area contributed by atoms with Crippen molar-refractivity contribution >= 4 is 17.4 Å². The molecule has 25 heavy (non-hydrogen) atoms. The van der Waals surface area contributed by atoms with Crippen LogP contribution in [0.3, 0.4) is 0 Å². The van der Waals surface area contributed by atoms with Crippen molar-refractivity contribution in [1.82, 2.24) is 0 Å². The van der Waals surface area contributed by atoms with Gasteiger partial charge in [-0.3, -0.25) is 9.59 Å². The summed E-state index contributed by atoms with van der Waals surface area (Å²) in [5, 5.41) is 2.89. The average molecular weight is 346 g/mol. The second-order valence-corrected chi connectivity index (χ2v) is 6.97. The lowest BCUT2D eigenvalue weighted by Gasteiger charge is -2.06. The van der Waals surface area contributed by atoms with E-state index in [1.807, 2.05) is 0 Å². The summed E-state index contributed by atoms with van der Waals surface area (Å²) in [6, 6.07) is 7.07. The van der Waals surface area contributed by atoms with E-state index in [9.17, 15) is 9.59 Å². The SMILES string of the molecule is CCCCCCCCCCCCCC(=O)Nc1ccc(C(C)=O)cc1. The minimum atomic E-state index is 0.0406. The topological polar surface area (TPSA) is 46.2 Å². The van der Waals surface area contributed by atoms with Crippen LogP contribution in [0.4, 0.5) is 5.69 Å². The molecule has 0 spiro atoms. The highest BCUT2D eigenvalue weighted by Crippen LogP contribution is 2.13. The number of anilines is 1. The van der Waals surface area contributed by atoms with Gasteiger partial charge in [-0.25, -0.2) is 0 Å². The van der Waals surface area contributed by atoms with E-state index in [0.717, 1.165) is 18.5 Å². The molecule has 0 radical (unpaired) electrons. The molecule has 0 unspecified atom stereocenters. The van der Waals surface area contributed by atoms with Crippen LogP contribution in [-0.2, 0) is 4.79 Å². The number of hydrogen-bond acceptors (Lipinski definition) is 2. The molecule has 0 fully saturated rings. The van der Waals surface area contributed by atoms with Crippen LogP contribution in [0.15, 0.2) is 24.3 Å². The standard InChI is InChI=1S/C22H35NO2/c1-3-4-5-6-7-8-9-10-11-12-13-14-22(25)23-21-17-15-20(16-18-21)19(2)24/h15-18H,3-14H2,1-2H3,(H,23,25). The van der Waals surface area contributed by atoms with Gasteiger partial charge in [0.15, 0.2) is 5.78 Å². The van der Waals surface area contributed by atoms with Crippen molar-refractivity contribution in [3.63, 3.8) is 0 Å². The fourth-order valence-electron chi connectivity index (χ4n) is 2.96. The number of ketones is 1. The van der Waals surface area contributed by atoms with Gasteiger partial charge in [-0.2, -0.15) is 0 Å². The number of benzene rings is 1. The minimum Gasteiger partial charge on any atom is -0.326 e. The molecular formula is C22H35NO2. The van der Waals surface area contributed by atoms with E-state index in [1.165, 1.54) is 57.8 Å². The number of rotatable bonds is 14. The molecule has 0 aliphatic rings. The highest BCUT2D eigenvalue weighted by atomic mass is 16.1. The summed E-state index contributed by atoms with van der Waals surface area (Å²) in [4.78, 5) is 23.1. The summed E-state index contributed by atoms with van der Waals surface area (Å²) in [5.41, 5.74) is 1.43. The molecule has 140 valence electrons. The molecule has 1 N–H and O–H groups in total. The predicted molar refractivity (Wildman–Crippen MR) is 106 cm³/mol. The Balaban J connectivity index is 1.99. The molecule has 0 aliphatic heterocycles. The van der Waals surface area contributed by atoms with Gasteiger partial charge < -0.3 is 5.32 Å². The molecule has 1 aromatic rings. The van der Waals surface area contributed by atoms with Crippen LogP contribution in [0, 0.1) is 0 Å². The van der Waals surface area contributed by atoms with E-state index >= 15 is 0 Å². The van der Waals surface area contributed by atoms with Crippen molar-refractivity contribution in [2.24, 2.45) is 0 Å². The maximum atomic E-state index is 11.9. The summed E-state index contributed by atoms with van der Waals surface area (Å²) in [6.45, 7) is 3.80. The molecule has 1 rings (SSSR count). The number of carbonyl (C=O) groups excluding carboxylic acids is 2. The lowest BCUT2D eigenvalue weighted by atomic mass is 10.1. The average Bonchev–Trinajstić information content (AvgIpc) is 2.60. The summed E-state index contributed by atoms with van der Waals surface area (Å²) in [5.74, 6) is 0.102. The molecule has 0 bridgehead atoms. The zero-order chi connectivity index (χ0) is 18.3. The van der Waals surface area contributed by atoms with Gasteiger partial charge in [0.05, 0.1) is 0 Å². The first-order valence-corrected chi connectivity index (χ1v) is 10.0. The Labute approximate surface area is 153 Å². The van der Waals surface area contributed by atoms with E-state index < -0.39 is 0 Å². The molecule has 1 aromatic carbocycles. The van der Waals surface area contributed by atoms with Crippen LogP contribution < -0.4 is 5.32 Å². The maximum Gasteiger partial charge on any atom is 0.224 e. The van der Waals surface area contributed by atoms with Crippen molar-refractivity contribution in [2.45, 2.75) is 90.9 Å². The monoisotopic (exact) mass is 345 g/mol. The molecule has 3 nitrogen and oxygen atoms in total.